The van der Waals surface area contributed by atoms with Crippen LogP contribution in [0.3, 0.4) is 0 Å². The third-order valence-electron chi connectivity index (χ3n) is 1.14. The first-order valence-electron chi connectivity index (χ1n) is 3.61. The Kier molecular flexibility index (Phi) is 3.28. The molecule has 1 amide bonds. The molecule has 12 heavy (non-hydrogen) atoms. The minimum absolute atomic E-state index is 0.0450. The first-order chi connectivity index (χ1) is 5.83. The second kappa shape index (κ2) is 4.50. The highest BCUT2D eigenvalue weighted by molar-refractivity contribution is 5.90. The Morgan fingerprint density at radius 3 is 3.25 bits per heavy atom. The van der Waals surface area contributed by atoms with Crippen LogP contribution in [0.5, 0.6) is 0 Å². The summed E-state index contributed by atoms with van der Waals surface area (Å²) in [6, 6.07) is 1.56. The van der Waals surface area contributed by atoms with E-state index >= 15 is 0 Å². The first-order valence-corrected chi connectivity index (χ1v) is 3.61. The minimum Gasteiger partial charge on any atom is -0.372 e. The van der Waals surface area contributed by atoms with Gasteiger partial charge in [0, 0.05) is 12.7 Å². The van der Waals surface area contributed by atoms with Gasteiger partial charge in [-0.25, -0.2) is 0 Å². The van der Waals surface area contributed by atoms with Gasteiger partial charge in [-0.15, -0.1) is 0 Å². The standard InChI is InChI=1S/C7H10N2O3/c1-2-11-5-7(10)8-6-3-4-12-9-6/h3-4H,2,5H2,1H3,(H,8,9,10). The Labute approximate surface area is 69.7 Å². The van der Waals surface area contributed by atoms with Crippen LogP contribution in [0, 0.1) is 0 Å². The van der Waals surface area contributed by atoms with Crippen molar-refractivity contribution in [1.29, 1.82) is 0 Å². The third-order valence-corrected chi connectivity index (χ3v) is 1.14. The van der Waals surface area contributed by atoms with E-state index in [9.17, 15) is 4.79 Å². The predicted molar refractivity (Wildman–Crippen MR) is 41.6 cm³/mol. The lowest BCUT2D eigenvalue weighted by Gasteiger charge is -1.99. The van der Waals surface area contributed by atoms with E-state index < -0.39 is 0 Å². The highest BCUT2D eigenvalue weighted by atomic mass is 16.5. The van der Waals surface area contributed by atoms with Crippen molar-refractivity contribution in [2.75, 3.05) is 18.5 Å². The molecule has 66 valence electrons. The summed E-state index contributed by atoms with van der Waals surface area (Å²) in [6.45, 7) is 2.39. The van der Waals surface area contributed by atoms with Gasteiger partial charge in [-0.3, -0.25) is 4.79 Å². The quantitative estimate of drug-likeness (QED) is 0.720. The summed E-state index contributed by atoms with van der Waals surface area (Å²) in [5.74, 6) is 0.172. The van der Waals surface area contributed by atoms with Crippen LogP contribution in [-0.4, -0.2) is 24.3 Å². The van der Waals surface area contributed by atoms with E-state index in [1.54, 1.807) is 6.07 Å². The van der Waals surface area contributed by atoms with Crippen LogP contribution in [0.4, 0.5) is 5.82 Å². The predicted octanol–water partition coefficient (Wildman–Crippen LogP) is 0.650. The van der Waals surface area contributed by atoms with Crippen molar-refractivity contribution in [1.82, 2.24) is 5.16 Å². The van der Waals surface area contributed by atoms with Crippen molar-refractivity contribution in [3.8, 4) is 0 Å². The molecule has 1 aromatic rings. The molecule has 0 aliphatic heterocycles. The van der Waals surface area contributed by atoms with Gasteiger partial charge in [-0.05, 0) is 6.92 Å². The molecule has 0 aliphatic carbocycles. The second-order valence-electron chi connectivity index (χ2n) is 2.07. The molecule has 0 saturated heterocycles. The molecule has 0 radical (unpaired) electrons. The number of hydrogen-bond donors (Lipinski definition) is 1. The fraction of sp³-hybridized carbons (Fsp3) is 0.429. The highest BCUT2D eigenvalue weighted by Gasteiger charge is 2.02. The van der Waals surface area contributed by atoms with Crippen LogP contribution >= 0.6 is 0 Å². The minimum atomic E-state index is -0.231. The molecule has 1 aromatic heterocycles. The second-order valence-corrected chi connectivity index (χ2v) is 2.07. The van der Waals surface area contributed by atoms with Gasteiger partial charge in [0.25, 0.3) is 5.91 Å². The summed E-state index contributed by atoms with van der Waals surface area (Å²) in [5, 5.41) is 5.99. The summed E-state index contributed by atoms with van der Waals surface area (Å²) >= 11 is 0. The van der Waals surface area contributed by atoms with E-state index in [0.717, 1.165) is 0 Å². The fourth-order valence-corrected chi connectivity index (χ4v) is 0.651. The summed E-state index contributed by atoms with van der Waals surface area (Å²) in [6.07, 6.45) is 1.39. The largest absolute Gasteiger partial charge is 0.372 e. The number of anilines is 1. The van der Waals surface area contributed by atoms with E-state index in [4.69, 9.17) is 4.74 Å². The van der Waals surface area contributed by atoms with Gasteiger partial charge in [-0.2, -0.15) is 0 Å². The number of hydrogen-bond acceptors (Lipinski definition) is 4. The maximum atomic E-state index is 11.0. The molecule has 5 nitrogen and oxygen atoms in total. The number of ether oxygens (including phenoxy) is 1. The first kappa shape index (κ1) is 8.73. The van der Waals surface area contributed by atoms with Crippen LogP contribution in [0.1, 0.15) is 6.92 Å². The van der Waals surface area contributed by atoms with Crippen molar-refractivity contribution in [3.05, 3.63) is 12.3 Å². The Hall–Kier alpha value is -1.36. The fourth-order valence-electron chi connectivity index (χ4n) is 0.651. The smallest absolute Gasteiger partial charge is 0.251 e. The normalized spacial score (nSPS) is 9.75. The van der Waals surface area contributed by atoms with Gasteiger partial charge in [0.1, 0.15) is 12.9 Å². The molecule has 1 heterocycles. The van der Waals surface area contributed by atoms with E-state index in [0.29, 0.717) is 12.4 Å². The average molecular weight is 170 g/mol. The summed E-state index contributed by atoms with van der Waals surface area (Å²) < 4.78 is 9.39. The van der Waals surface area contributed by atoms with Crippen molar-refractivity contribution >= 4 is 11.7 Å². The molecule has 5 heteroatoms. The zero-order valence-corrected chi connectivity index (χ0v) is 6.74. The number of aromatic nitrogens is 1. The zero-order valence-electron chi connectivity index (χ0n) is 6.74. The molecule has 1 N–H and O–H groups in total. The zero-order chi connectivity index (χ0) is 8.81. The maximum absolute atomic E-state index is 11.0. The maximum Gasteiger partial charge on any atom is 0.251 e. The van der Waals surface area contributed by atoms with Gasteiger partial charge in [0.15, 0.2) is 5.82 Å². The van der Waals surface area contributed by atoms with Crippen LogP contribution in [0.25, 0.3) is 0 Å². The number of carbonyl (C=O) groups excluding carboxylic acids is 1. The lowest BCUT2D eigenvalue weighted by molar-refractivity contribution is -0.120. The van der Waals surface area contributed by atoms with Crippen LogP contribution in [0.15, 0.2) is 16.9 Å². The van der Waals surface area contributed by atoms with Crippen molar-refractivity contribution in [2.45, 2.75) is 6.92 Å². The number of nitrogens with zero attached hydrogens (tertiary/aromatic N) is 1. The van der Waals surface area contributed by atoms with Crippen LogP contribution in [0.2, 0.25) is 0 Å². The monoisotopic (exact) mass is 170 g/mol. The van der Waals surface area contributed by atoms with E-state index in [2.05, 4.69) is 15.0 Å². The Morgan fingerprint density at radius 1 is 1.83 bits per heavy atom. The Bertz CT molecular complexity index is 233. The van der Waals surface area contributed by atoms with Gasteiger partial charge in [0.05, 0.1) is 0 Å². The molecule has 0 bridgehead atoms. The Morgan fingerprint density at radius 2 is 2.67 bits per heavy atom. The van der Waals surface area contributed by atoms with Crippen molar-refractivity contribution in [2.24, 2.45) is 0 Å². The van der Waals surface area contributed by atoms with Gasteiger partial charge in [0.2, 0.25) is 0 Å². The molecule has 0 aromatic carbocycles. The van der Waals surface area contributed by atoms with Crippen molar-refractivity contribution < 1.29 is 14.1 Å². The van der Waals surface area contributed by atoms with Gasteiger partial charge >= 0.3 is 0 Å². The van der Waals surface area contributed by atoms with Crippen LogP contribution < -0.4 is 5.32 Å². The third kappa shape index (κ3) is 2.71. The summed E-state index contributed by atoms with van der Waals surface area (Å²) in [4.78, 5) is 11.0. The summed E-state index contributed by atoms with van der Waals surface area (Å²) in [7, 11) is 0. The highest BCUT2D eigenvalue weighted by Crippen LogP contribution is 1.99. The van der Waals surface area contributed by atoms with Crippen LogP contribution in [-0.2, 0) is 9.53 Å². The number of nitrogens with one attached hydrogen (secondary N) is 1. The molecule has 0 fully saturated rings. The Balaban J connectivity index is 2.27. The van der Waals surface area contributed by atoms with E-state index in [1.807, 2.05) is 6.92 Å². The van der Waals surface area contributed by atoms with Gasteiger partial charge < -0.3 is 14.6 Å². The van der Waals surface area contributed by atoms with Gasteiger partial charge in [-0.1, -0.05) is 5.16 Å². The molecule has 1 rings (SSSR count). The molecule has 0 unspecified atom stereocenters. The molecule has 0 spiro atoms. The number of carbonyl (C=O) groups is 1. The lowest BCUT2D eigenvalue weighted by Crippen LogP contribution is -2.18. The molecular weight excluding hydrogens is 160 g/mol. The molecule has 0 saturated carbocycles. The summed E-state index contributed by atoms with van der Waals surface area (Å²) in [5.41, 5.74) is 0. The number of rotatable bonds is 4. The average Bonchev–Trinajstić information content (AvgIpc) is 2.53. The molecule has 0 atom stereocenters. The number of amides is 1. The molecule has 0 aliphatic rings. The SMILES string of the molecule is CCOCC(=O)Nc1ccon1. The lowest BCUT2D eigenvalue weighted by atomic mass is 10.5. The van der Waals surface area contributed by atoms with E-state index in [-0.39, 0.29) is 12.5 Å². The van der Waals surface area contributed by atoms with E-state index in [1.165, 1.54) is 6.26 Å². The molecular formula is C7H10N2O3. The van der Waals surface area contributed by atoms with Crippen molar-refractivity contribution in [3.63, 3.8) is 0 Å². The topological polar surface area (TPSA) is 64.4 Å².